The average molecular weight is 338 g/mol. The third-order valence-electron chi connectivity index (χ3n) is 3.65. The van der Waals surface area contributed by atoms with E-state index in [1.807, 2.05) is 18.2 Å². The van der Waals surface area contributed by atoms with E-state index in [4.69, 9.17) is 27.9 Å². The first-order valence-electron chi connectivity index (χ1n) is 5.69. The molecule has 2 unspecified atom stereocenters. The van der Waals surface area contributed by atoms with Gasteiger partial charge in [-0.05, 0) is 43.5 Å². The molecule has 4 heteroatoms. The normalized spacial score (nSPS) is 28.6. The fourth-order valence-electron chi connectivity index (χ4n) is 2.33. The summed E-state index contributed by atoms with van der Waals surface area (Å²) in [5.74, 6) is 0. The van der Waals surface area contributed by atoms with Crippen molar-refractivity contribution in [2.75, 3.05) is 11.9 Å². The van der Waals surface area contributed by atoms with Crippen LogP contribution in [-0.2, 0) is 11.2 Å². The summed E-state index contributed by atoms with van der Waals surface area (Å²) in [7, 11) is 0. The van der Waals surface area contributed by atoms with E-state index in [2.05, 4.69) is 22.9 Å². The SMILES string of the molecule is CC1OCCC1(CBr)Cc1cc(Cl)ccc1Cl. The monoisotopic (exact) mass is 336 g/mol. The Morgan fingerprint density at radius 1 is 1.47 bits per heavy atom. The van der Waals surface area contributed by atoms with Crippen LogP contribution < -0.4 is 0 Å². The molecule has 1 heterocycles. The Balaban J connectivity index is 2.27. The molecule has 0 amide bonds. The zero-order chi connectivity index (χ0) is 12.5. The first kappa shape index (κ1) is 13.7. The molecule has 1 aromatic carbocycles. The second-order valence-corrected chi connectivity index (χ2v) is 6.08. The first-order valence-corrected chi connectivity index (χ1v) is 7.57. The highest BCUT2D eigenvalue weighted by molar-refractivity contribution is 9.09. The maximum absolute atomic E-state index is 6.23. The van der Waals surface area contributed by atoms with Gasteiger partial charge in [0.05, 0.1) is 6.10 Å². The third kappa shape index (κ3) is 2.81. The Bertz CT molecular complexity index is 410. The minimum atomic E-state index is 0.133. The van der Waals surface area contributed by atoms with Gasteiger partial charge in [-0.15, -0.1) is 0 Å². The lowest BCUT2D eigenvalue weighted by atomic mass is 9.78. The molecule has 2 atom stereocenters. The van der Waals surface area contributed by atoms with Crippen LogP contribution in [0, 0.1) is 5.41 Å². The van der Waals surface area contributed by atoms with Crippen molar-refractivity contribution in [2.24, 2.45) is 5.41 Å². The molecule has 1 aliphatic heterocycles. The third-order valence-corrected chi connectivity index (χ3v) is 5.37. The quantitative estimate of drug-likeness (QED) is 0.725. The summed E-state index contributed by atoms with van der Waals surface area (Å²) in [4.78, 5) is 0. The van der Waals surface area contributed by atoms with E-state index < -0.39 is 0 Å². The van der Waals surface area contributed by atoms with E-state index in [1.165, 1.54) is 0 Å². The van der Waals surface area contributed by atoms with E-state index in [0.29, 0.717) is 0 Å². The van der Waals surface area contributed by atoms with Crippen LogP contribution in [0.5, 0.6) is 0 Å². The van der Waals surface area contributed by atoms with Gasteiger partial charge in [0.15, 0.2) is 0 Å². The molecule has 0 bridgehead atoms. The second-order valence-electron chi connectivity index (χ2n) is 4.67. The van der Waals surface area contributed by atoms with Crippen molar-refractivity contribution in [3.8, 4) is 0 Å². The summed E-state index contributed by atoms with van der Waals surface area (Å²) in [6, 6.07) is 5.64. The summed E-state index contributed by atoms with van der Waals surface area (Å²) in [6.45, 7) is 2.96. The van der Waals surface area contributed by atoms with Gasteiger partial charge in [-0.1, -0.05) is 39.1 Å². The number of rotatable bonds is 3. The lowest BCUT2D eigenvalue weighted by Crippen LogP contribution is -2.33. The molecule has 2 rings (SSSR count). The van der Waals surface area contributed by atoms with Gasteiger partial charge in [0.2, 0.25) is 0 Å². The van der Waals surface area contributed by atoms with Crippen LogP contribution >= 0.6 is 39.1 Å². The molecular weight excluding hydrogens is 323 g/mol. The predicted octanol–water partition coefficient (Wildman–Crippen LogP) is 4.73. The molecule has 1 aromatic rings. The zero-order valence-electron chi connectivity index (χ0n) is 9.68. The highest BCUT2D eigenvalue weighted by Crippen LogP contribution is 2.41. The highest BCUT2D eigenvalue weighted by Gasteiger charge is 2.40. The van der Waals surface area contributed by atoms with Gasteiger partial charge in [-0.3, -0.25) is 0 Å². The van der Waals surface area contributed by atoms with Crippen LogP contribution in [0.4, 0.5) is 0 Å². The number of ether oxygens (including phenoxy) is 1. The van der Waals surface area contributed by atoms with Gasteiger partial charge in [-0.2, -0.15) is 0 Å². The van der Waals surface area contributed by atoms with E-state index in [0.717, 1.165) is 40.4 Å². The van der Waals surface area contributed by atoms with Crippen molar-refractivity contribution in [1.82, 2.24) is 0 Å². The van der Waals surface area contributed by atoms with Crippen molar-refractivity contribution >= 4 is 39.1 Å². The summed E-state index contributed by atoms with van der Waals surface area (Å²) in [6.07, 6.45) is 2.21. The minimum absolute atomic E-state index is 0.133. The van der Waals surface area contributed by atoms with Crippen LogP contribution in [-0.4, -0.2) is 18.0 Å². The molecule has 0 radical (unpaired) electrons. The van der Waals surface area contributed by atoms with Crippen LogP contribution in [0.1, 0.15) is 18.9 Å². The fourth-order valence-corrected chi connectivity index (χ4v) is 3.65. The van der Waals surface area contributed by atoms with E-state index in [1.54, 1.807) is 0 Å². The van der Waals surface area contributed by atoms with E-state index in [-0.39, 0.29) is 11.5 Å². The highest BCUT2D eigenvalue weighted by atomic mass is 79.9. The number of alkyl halides is 1. The molecule has 0 aromatic heterocycles. The van der Waals surface area contributed by atoms with E-state index >= 15 is 0 Å². The molecule has 94 valence electrons. The van der Waals surface area contributed by atoms with Crippen LogP contribution in [0.2, 0.25) is 10.0 Å². The molecule has 0 spiro atoms. The number of benzene rings is 1. The summed E-state index contributed by atoms with van der Waals surface area (Å²) in [5.41, 5.74) is 1.24. The summed E-state index contributed by atoms with van der Waals surface area (Å²) >= 11 is 15.9. The lowest BCUT2D eigenvalue weighted by molar-refractivity contribution is 0.0746. The van der Waals surface area contributed by atoms with E-state index in [9.17, 15) is 0 Å². The number of halogens is 3. The maximum atomic E-state index is 6.23. The van der Waals surface area contributed by atoms with Gasteiger partial charge in [-0.25, -0.2) is 0 Å². The number of hydrogen-bond acceptors (Lipinski definition) is 1. The summed E-state index contributed by atoms with van der Waals surface area (Å²) in [5, 5.41) is 2.44. The lowest BCUT2D eigenvalue weighted by Gasteiger charge is -2.30. The standard InChI is InChI=1S/C13H15BrCl2O/c1-9-13(8-14,4-5-17-9)7-10-6-11(15)2-3-12(10)16/h2-3,6,9H,4-5,7-8H2,1H3. The summed E-state index contributed by atoms with van der Waals surface area (Å²) < 4.78 is 5.70. The van der Waals surface area contributed by atoms with Crippen LogP contribution in [0.15, 0.2) is 18.2 Å². The topological polar surface area (TPSA) is 9.23 Å². The van der Waals surface area contributed by atoms with Crippen molar-refractivity contribution in [3.05, 3.63) is 33.8 Å². The van der Waals surface area contributed by atoms with Gasteiger partial charge in [0.1, 0.15) is 0 Å². The molecule has 0 saturated carbocycles. The van der Waals surface area contributed by atoms with Crippen LogP contribution in [0.3, 0.4) is 0 Å². The fraction of sp³-hybridized carbons (Fsp3) is 0.538. The van der Waals surface area contributed by atoms with Crippen LogP contribution in [0.25, 0.3) is 0 Å². The average Bonchev–Trinajstić information content (AvgIpc) is 2.66. The van der Waals surface area contributed by atoms with Crippen molar-refractivity contribution in [2.45, 2.75) is 25.9 Å². The Morgan fingerprint density at radius 3 is 2.82 bits per heavy atom. The molecule has 1 saturated heterocycles. The Labute approximate surface area is 121 Å². The van der Waals surface area contributed by atoms with Gasteiger partial charge in [0, 0.05) is 27.4 Å². The zero-order valence-corrected chi connectivity index (χ0v) is 12.8. The first-order chi connectivity index (χ1) is 8.07. The predicted molar refractivity (Wildman–Crippen MR) is 76.4 cm³/mol. The van der Waals surface area contributed by atoms with Crippen molar-refractivity contribution in [1.29, 1.82) is 0 Å². The van der Waals surface area contributed by atoms with Gasteiger partial charge in [0.25, 0.3) is 0 Å². The van der Waals surface area contributed by atoms with Crippen molar-refractivity contribution < 1.29 is 4.74 Å². The van der Waals surface area contributed by atoms with Gasteiger partial charge < -0.3 is 4.74 Å². The molecular formula is C13H15BrCl2O. The largest absolute Gasteiger partial charge is 0.378 e. The minimum Gasteiger partial charge on any atom is -0.378 e. The second kappa shape index (κ2) is 5.48. The molecule has 0 aliphatic carbocycles. The molecule has 1 aliphatic rings. The number of hydrogen-bond donors (Lipinski definition) is 0. The molecule has 1 nitrogen and oxygen atoms in total. The Morgan fingerprint density at radius 2 is 2.24 bits per heavy atom. The molecule has 0 N–H and O–H groups in total. The van der Waals surface area contributed by atoms with Crippen molar-refractivity contribution in [3.63, 3.8) is 0 Å². The Hall–Kier alpha value is 0.240. The molecule has 17 heavy (non-hydrogen) atoms. The maximum Gasteiger partial charge on any atom is 0.0615 e. The Kier molecular flexibility index (Phi) is 4.40. The molecule has 1 fully saturated rings. The van der Waals surface area contributed by atoms with Gasteiger partial charge >= 0.3 is 0 Å². The smallest absolute Gasteiger partial charge is 0.0615 e.